The van der Waals surface area contributed by atoms with Crippen LogP contribution < -0.4 is 71.9 Å². The van der Waals surface area contributed by atoms with Gasteiger partial charge in [-0.15, -0.1) is 21.1 Å². The molecule has 2 heterocycles. The van der Waals surface area contributed by atoms with Gasteiger partial charge in [0.25, 0.3) is 10.0 Å². The predicted molar refractivity (Wildman–Crippen MR) is 119 cm³/mol. The molecule has 0 bridgehead atoms. The summed E-state index contributed by atoms with van der Waals surface area (Å²) in [5.74, 6) is -2.01. The molecule has 198 valence electrons. The number of ether oxygens (including phenoxy) is 2. The molecule has 0 saturated carbocycles. The zero-order valence-corrected chi connectivity index (χ0v) is 25.3. The van der Waals surface area contributed by atoms with Gasteiger partial charge >= 0.3 is 88.7 Å². The zero-order valence-electron chi connectivity index (χ0n) is 20.6. The Morgan fingerprint density at radius 3 is 2.31 bits per heavy atom. The van der Waals surface area contributed by atoms with Crippen LogP contribution in [0, 0.1) is 6.92 Å². The summed E-state index contributed by atoms with van der Waals surface area (Å²) in [5, 5.41) is 14.9. The third kappa shape index (κ3) is 9.78. The number of thiophene rings is 1. The molecule has 2 aromatic rings. The summed E-state index contributed by atoms with van der Waals surface area (Å²) in [6.07, 6.45) is -0.598. The van der Waals surface area contributed by atoms with Crippen LogP contribution in [0.5, 0.6) is 6.01 Å². The Kier molecular flexibility index (Phi) is 13.9. The molecular weight excluding hydrogens is 576 g/mol. The van der Waals surface area contributed by atoms with Gasteiger partial charge in [0, 0.05) is 17.3 Å². The standard InChI is InChI=1S/C12H14N4O7S2.C3H8NO5P.K.H/c1-6-8(7(5-24-6)9(17)22-3)25(20,21)14-10(18)16-12(19)15(2)11(13-16)23-4;5-3(6)1-4-2-10(7,8)9;;/h5H,1-4H3,(H,14,18);4H,1-2H2,(H,5,6)(H2,7,8,9);;/q;;+1;-1. The van der Waals surface area contributed by atoms with E-state index in [0.717, 1.165) is 23.0 Å². The van der Waals surface area contributed by atoms with E-state index in [9.17, 15) is 32.2 Å². The van der Waals surface area contributed by atoms with Gasteiger partial charge in [0.1, 0.15) is 4.90 Å². The first-order valence-corrected chi connectivity index (χ1v) is 13.1. The molecule has 21 heteroatoms. The van der Waals surface area contributed by atoms with Crippen LogP contribution >= 0.6 is 18.9 Å². The Bertz CT molecular complexity index is 1320. The van der Waals surface area contributed by atoms with Crippen molar-refractivity contribution in [2.45, 2.75) is 11.8 Å². The molecule has 2 aromatic heterocycles. The Labute approximate surface area is 251 Å². The summed E-state index contributed by atoms with van der Waals surface area (Å²) in [6.45, 7) is 1.03. The van der Waals surface area contributed by atoms with Crippen LogP contribution in [0.4, 0.5) is 4.79 Å². The Morgan fingerprint density at radius 1 is 1.28 bits per heavy atom. The maximum Gasteiger partial charge on any atom is 1.00 e. The van der Waals surface area contributed by atoms with Gasteiger partial charge in [-0.05, 0) is 6.92 Å². The molecule has 0 aliphatic heterocycles. The summed E-state index contributed by atoms with van der Waals surface area (Å²) >= 11 is 0.998. The van der Waals surface area contributed by atoms with Gasteiger partial charge in [0.2, 0.25) is 0 Å². The van der Waals surface area contributed by atoms with E-state index in [0.29, 0.717) is 4.68 Å². The summed E-state index contributed by atoms with van der Waals surface area (Å²) in [7, 11) is -4.91. The molecule has 2 rings (SSSR count). The van der Waals surface area contributed by atoms with E-state index < -0.39 is 59.0 Å². The van der Waals surface area contributed by atoms with Crippen molar-refractivity contribution in [1.29, 1.82) is 0 Å². The second kappa shape index (κ2) is 14.5. The van der Waals surface area contributed by atoms with Gasteiger partial charge in [-0.2, -0.15) is 0 Å². The number of methoxy groups -OCH3 is 2. The summed E-state index contributed by atoms with van der Waals surface area (Å²) in [6, 6.07) is -1.50. The fraction of sp³-hybridized carbons (Fsp3) is 0.400. The molecule has 0 saturated heterocycles. The van der Waals surface area contributed by atoms with E-state index in [1.165, 1.54) is 26.5 Å². The average molecular weight is 600 g/mol. The zero-order chi connectivity index (χ0) is 27.1. The number of carbonyl (C=O) groups is 3. The number of sulfonamides is 1. The number of amides is 1. The van der Waals surface area contributed by atoms with Gasteiger partial charge in [0.05, 0.1) is 32.6 Å². The van der Waals surface area contributed by atoms with Gasteiger partial charge in [0.15, 0.2) is 0 Å². The van der Waals surface area contributed by atoms with E-state index in [-0.39, 0.29) is 69.3 Å². The van der Waals surface area contributed by atoms with Crippen molar-refractivity contribution in [1.82, 2.24) is 24.4 Å². The number of hydrogen-bond donors (Lipinski definition) is 5. The van der Waals surface area contributed by atoms with Crippen molar-refractivity contribution in [2.24, 2.45) is 7.05 Å². The fourth-order valence-electron chi connectivity index (χ4n) is 2.28. The third-order valence-corrected chi connectivity index (χ3v) is 6.91. The van der Waals surface area contributed by atoms with E-state index >= 15 is 0 Å². The van der Waals surface area contributed by atoms with Crippen LogP contribution in [-0.4, -0.2) is 82.7 Å². The number of aryl methyl sites for hydroxylation is 1. The van der Waals surface area contributed by atoms with Crippen molar-refractivity contribution in [3.8, 4) is 6.01 Å². The van der Waals surface area contributed by atoms with Gasteiger partial charge in [-0.25, -0.2) is 32.1 Å². The van der Waals surface area contributed by atoms with Crippen molar-refractivity contribution >= 4 is 46.9 Å². The summed E-state index contributed by atoms with van der Waals surface area (Å²) in [5.41, 5.74) is -1.11. The molecular formula is C15H23KN5O12PS2. The molecule has 0 spiro atoms. The Morgan fingerprint density at radius 2 is 1.86 bits per heavy atom. The largest absolute Gasteiger partial charge is 1.00 e. The summed E-state index contributed by atoms with van der Waals surface area (Å²) in [4.78, 5) is 61.8. The van der Waals surface area contributed by atoms with Crippen LogP contribution in [0.2, 0.25) is 0 Å². The number of nitrogens with one attached hydrogen (secondary N) is 2. The SMILES string of the molecule is COC(=O)c1csc(C)c1S(=O)(=O)NC(=O)n1nc(OC)n(C)c1=O.O=C(O)CNCP(=O)(O)O.[H-].[K+]. The minimum Gasteiger partial charge on any atom is -1.00 e. The van der Waals surface area contributed by atoms with Crippen LogP contribution in [0.3, 0.4) is 0 Å². The second-order valence-corrected chi connectivity index (χ2v) is 10.7. The molecule has 0 unspecified atom stereocenters. The minimum absolute atomic E-state index is 0. The van der Waals surface area contributed by atoms with E-state index in [1.54, 1.807) is 4.72 Å². The first-order valence-electron chi connectivity index (χ1n) is 8.96. The van der Waals surface area contributed by atoms with E-state index in [2.05, 4.69) is 15.2 Å². The number of hydrogen-bond acceptors (Lipinski definition) is 12. The molecule has 0 radical (unpaired) electrons. The Balaban J connectivity index is 0. The smallest absolute Gasteiger partial charge is 1.00 e. The van der Waals surface area contributed by atoms with Gasteiger partial charge < -0.3 is 25.8 Å². The van der Waals surface area contributed by atoms with Crippen molar-refractivity contribution in [2.75, 3.05) is 27.1 Å². The van der Waals surface area contributed by atoms with Crippen LogP contribution in [0.1, 0.15) is 16.7 Å². The number of esters is 1. The number of aliphatic carboxylic acids is 1. The minimum atomic E-state index is -4.45. The number of carboxylic acid groups (broad SMARTS) is 1. The number of carboxylic acids is 1. The monoisotopic (exact) mass is 599 g/mol. The van der Waals surface area contributed by atoms with Crippen molar-refractivity contribution < 1.29 is 105 Å². The molecule has 0 aliphatic carbocycles. The molecule has 0 atom stereocenters. The van der Waals surface area contributed by atoms with Crippen LogP contribution in [0.25, 0.3) is 0 Å². The predicted octanol–water partition coefficient (Wildman–Crippen LogP) is -4.39. The third-order valence-electron chi connectivity index (χ3n) is 3.72. The number of nitrogens with zero attached hydrogens (tertiary/aromatic N) is 3. The number of rotatable bonds is 8. The van der Waals surface area contributed by atoms with Gasteiger partial charge in [-0.1, -0.05) is 0 Å². The van der Waals surface area contributed by atoms with E-state index in [4.69, 9.17) is 19.6 Å². The molecule has 17 nitrogen and oxygen atoms in total. The maximum absolute atomic E-state index is 12.5. The normalized spacial score (nSPS) is 10.9. The molecule has 1 amide bonds. The van der Waals surface area contributed by atoms with Gasteiger partial charge in [-0.3, -0.25) is 14.7 Å². The summed E-state index contributed by atoms with van der Waals surface area (Å²) < 4.78 is 47.3. The first-order chi connectivity index (χ1) is 16.1. The first kappa shape index (κ1) is 34.5. The second-order valence-electron chi connectivity index (χ2n) is 6.32. The average Bonchev–Trinajstić information content (AvgIpc) is 3.27. The maximum atomic E-state index is 12.5. The fourth-order valence-corrected chi connectivity index (χ4v) is 5.18. The number of aromatic nitrogens is 3. The topological polar surface area (TPSA) is 245 Å². The molecule has 0 aliphatic rings. The molecule has 36 heavy (non-hydrogen) atoms. The quantitative estimate of drug-likeness (QED) is 0.109. The van der Waals surface area contributed by atoms with Crippen LogP contribution in [-0.2, 0) is 31.2 Å². The Hall–Kier alpha value is -1.45. The van der Waals surface area contributed by atoms with Crippen molar-refractivity contribution in [3.05, 3.63) is 26.3 Å². The molecule has 5 N–H and O–H groups in total. The molecule has 0 fully saturated rings. The van der Waals surface area contributed by atoms with E-state index in [1.807, 2.05) is 0 Å². The number of carbonyl (C=O) groups excluding carboxylic acids is 2. The van der Waals surface area contributed by atoms with Crippen molar-refractivity contribution in [3.63, 3.8) is 0 Å². The molecule has 0 aromatic carbocycles. The van der Waals surface area contributed by atoms with Crippen LogP contribution in [0.15, 0.2) is 15.1 Å².